The van der Waals surface area contributed by atoms with E-state index in [1.807, 2.05) is 34.4 Å². The van der Waals surface area contributed by atoms with Gasteiger partial charge in [-0.25, -0.2) is 0 Å². The molecule has 0 unspecified atom stereocenters. The van der Waals surface area contributed by atoms with Crippen molar-refractivity contribution in [2.75, 3.05) is 0 Å². The molecular weight excluding hydrogens is 396 g/mol. The summed E-state index contributed by atoms with van der Waals surface area (Å²) >= 11 is 5.69. The zero-order valence-corrected chi connectivity index (χ0v) is 19.9. The first-order valence-electron chi connectivity index (χ1n) is 9.69. The monoisotopic (exact) mass is 423 g/mol. The minimum Gasteiger partial charge on any atom is -0.0574 e. The quantitative estimate of drug-likeness (QED) is 0.290. The number of benzene rings is 2. The summed E-state index contributed by atoms with van der Waals surface area (Å²) in [6.07, 6.45) is 0. The molecule has 0 saturated heterocycles. The van der Waals surface area contributed by atoms with E-state index in [-0.39, 0.29) is 10.8 Å². The van der Waals surface area contributed by atoms with Crippen molar-refractivity contribution in [2.45, 2.75) is 61.5 Å². The van der Waals surface area contributed by atoms with E-state index in [4.69, 9.17) is 0 Å². The Morgan fingerprint density at radius 1 is 0.714 bits per heavy atom. The van der Waals surface area contributed by atoms with E-state index in [9.17, 15) is 0 Å². The van der Waals surface area contributed by atoms with Crippen LogP contribution in [0.15, 0.2) is 63.7 Å². The molecular formula is C25H27S3+. The third-order valence-electron chi connectivity index (χ3n) is 5.03. The molecule has 2 heterocycles. The number of hydrogen-bond acceptors (Lipinski definition) is 2. The lowest BCUT2D eigenvalue weighted by Gasteiger charge is -2.18. The molecule has 0 N–H and O–H groups in total. The average molecular weight is 424 g/mol. The Morgan fingerprint density at radius 3 is 2.00 bits per heavy atom. The van der Waals surface area contributed by atoms with E-state index in [2.05, 4.69) is 96.1 Å². The number of rotatable bonds is 2. The maximum atomic E-state index is 2.36. The van der Waals surface area contributed by atoms with Gasteiger partial charge in [-0.15, -0.1) is 0 Å². The maximum Gasteiger partial charge on any atom is 0.286 e. The van der Waals surface area contributed by atoms with Gasteiger partial charge in [-0.2, -0.15) is 0 Å². The summed E-state index contributed by atoms with van der Waals surface area (Å²) < 4.78 is 4.14. The Balaban J connectivity index is 1.66. The van der Waals surface area contributed by atoms with Gasteiger partial charge in [-0.1, -0.05) is 71.5 Å². The van der Waals surface area contributed by atoms with Crippen molar-refractivity contribution in [1.82, 2.24) is 0 Å². The predicted molar refractivity (Wildman–Crippen MR) is 130 cm³/mol. The zero-order valence-electron chi connectivity index (χ0n) is 17.4. The largest absolute Gasteiger partial charge is 0.286 e. The molecule has 4 rings (SSSR count). The fourth-order valence-corrected chi connectivity index (χ4v) is 6.89. The van der Waals surface area contributed by atoms with Crippen LogP contribution in [0.3, 0.4) is 0 Å². The Hall–Kier alpha value is -1.42. The molecule has 144 valence electrons. The van der Waals surface area contributed by atoms with Crippen LogP contribution in [0.25, 0.3) is 19.5 Å². The lowest BCUT2D eigenvalue weighted by atomic mass is 9.86. The van der Waals surface area contributed by atoms with Gasteiger partial charge in [-0.3, -0.25) is 0 Å². The Kier molecular flexibility index (Phi) is 5.06. The van der Waals surface area contributed by atoms with Gasteiger partial charge in [0.1, 0.15) is 4.70 Å². The molecule has 0 nitrogen and oxygen atoms in total. The van der Waals surface area contributed by atoms with Crippen molar-refractivity contribution in [3.05, 3.63) is 65.7 Å². The first-order chi connectivity index (χ1) is 13.1. The molecule has 0 atom stereocenters. The van der Waals surface area contributed by atoms with E-state index in [0.717, 1.165) is 0 Å². The third-order valence-corrected chi connectivity index (χ3v) is 8.61. The molecule has 0 aliphatic rings. The second kappa shape index (κ2) is 7.12. The Morgan fingerprint density at radius 2 is 1.36 bits per heavy atom. The van der Waals surface area contributed by atoms with Gasteiger partial charge >= 0.3 is 0 Å². The number of thiophene rings is 1. The van der Waals surface area contributed by atoms with Gasteiger partial charge in [0.15, 0.2) is 4.21 Å². The van der Waals surface area contributed by atoms with E-state index >= 15 is 0 Å². The van der Waals surface area contributed by atoms with E-state index in [1.54, 1.807) is 0 Å². The fraction of sp³-hybridized carbons (Fsp3) is 0.320. The summed E-state index contributed by atoms with van der Waals surface area (Å²) in [5.74, 6) is 0. The topological polar surface area (TPSA) is 0 Å². The van der Waals surface area contributed by atoms with Gasteiger partial charge in [-0.05, 0) is 58.4 Å². The SMILES string of the molecule is CC(C)(C)c1ccc(Sc2cc3cc4cc(C(C)(C)C)ccc4[s+]c3s2)cc1. The van der Waals surface area contributed by atoms with E-state index in [1.165, 1.54) is 39.7 Å². The van der Waals surface area contributed by atoms with Gasteiger partial charge in [0.25, 0.3) is 4.01 Å². The molecule has 0 radical (unpaired) electrons. The van der Waals surface area contributed by atoms with Crippen molar-refractivity contribution in [1.29, 1.82) is 0 Å². The number of hydrogen-bond donors (Lipinski definition) is 0. The van der Waals surface area contributed by atoms with Crippen LogP contribution in [0.4, 0.5) is 0 Å². The number of fused-ring (bicyclic) bond motifs is 2. The molecule has 0 aliphatic carbocycles. The zero-order chi connectivity index (χ0) is 20.1. The van der Waals surface area contributed by atoms with E-state index in [0.29, 0.717) is 0 Å². The predicted octanol–water partition coefficient (Wildman–Crippen LogP) is 9.14. The van der Waals surface area contributed by atoms with Crippen LogP contribution in [-0.4, -0.2) is 0 Å². The normalized spacial score (nSPS) is 12.8. The lowest BCUT2D eigenvalue weighted by Crippen LogP contribution is -2.10. The molecule has 0 amide bonds. The molecule has 0 aliphatic heterocycles. The van der Waals surface area contributed by atoms with Crippen LogP contribution in [0.2, 0.25) is 0 Å². The van der Waals surface area contributed by atoms with Gasteiger partial charge in [0, 0.05) is 10.3 Å². The highest BCUT2D eigenvalue weighted by molar-refractivity contribution is 8.01. The first-order valence-corrected chi connectivity index (χ1v) is 12.1. The minimum absolute atomic E-state index is 0.183. The molecule has 2 aromatic carbocycles. The third kappa shape index (κ3) is 4.12. The highest BCUT2D eigenvalue weighted by Crippen LogP contribution is 2.42. The molecule has 0 spiro atoms. The molecule has 3 heteroatoms. The van der Waals surface area contributed by atoms with Crippen LogP contribution in [0.1, 0.15) is 52.7 Å². The van der Waals surface area contributed by atoms with Gasteiger partial charge in [0.2, 0.25) is 0 Å². The summed E-state index contributed by atoms with van der Waals surface area (Å²) in [7, 11) is 0. The van der Waals surface area contributed by atoms with Crippen molar-refractivity contribution < 1.29 is 0 Å². The molecule has 2 aromatic heterocycles. The van der Waals surface area contributed by atoms with Gasteiger partial charge in [0.05, 0.1) is 28.1 Å². The molecule has 28 heavy (non-hydrogen) atoms. The average Bonchev–Trinajstić information content (AvgIpc) is 2.99. The van der Waals surface area contributed by atoms with Crippen LogP contribution in [-0.2, 0) is 10.8 Å². The van der Waals surface area contributed by atoms with Crippen LogP contribution < -0.4 is 0 Å². The summed E-state index contributed by atoms with van der Waals surface area (Å²) in [5, 5.41) is 2.72. The fourth-order valence-electron chi connectivity index (χ4n) is 3.22. The second-order valence-electron chi connectivity index (χ2n) is 9.43. The highest BCUT2D eigenvalue weighted by Gasteiger charge is 2.19. The minimum atomic E-state index is 0.183. The summed E-state index contributed by atoms with van der Waals surface area (Å²) in [4.78, 5) is 1.31. The van der Waals surface area contributed by atoms with Crippen LogP contribution in [0, 0.1) is 0 Å². The van der Waals surface area contributed by atoms with E-state index < -0.39 is 0 Å². The Bertz CT molecular complexity index is 1140. The smallest absolute Gasteiger partial charge is 0.0574 e. The van der Waals surface area contributed by atoms with Gasteiger partial charge < -0.3 is 0 Å². The molecule has 0 fully saturated rings. The van der Waals surface area contributed by atoms with Crippen molar-refractivity contribution >= 4 is 53.9 Å². The van der Waals surface area contributed by atoms with Crippen molar-refractivity contribution in [2.24, 2.45) is 0 Å². The van der Waals surface area contributed by atoms with Crippen LogP contribution in [0.5, 0.6) is 0 Å². The lowest BCUT2D eigenvalue weighted by molar-refractivity contribution is 0.589. The second-order valence-corrected chi connectivity index (χ2v) is 13.2. The van der Waals surface area contributed by atoms with Crippen molar-refractivity contribution in [3.8, 4) is 0 Å². The van der Waals surface area contributed by atoms with Crippen molar-refractivity contribution in [3.63, 3.8) is 0 Å². The standard InChI is InChI=1S/C25H27S3/c1-24(2,3)18-7-10-20(11-8-18)26-22-15-17-13-16-14-19(25(4,5)6)9-12-21(16)27-23(17)28-22/h7-15H,1-6H3/q+1. The van der Waals surface area contributed by atoms with Crippen LogP contribution >= 0.6 is 34.4 Å². The Labute approximate surface area is 180 Å². The summed E-state index contributed by atoms with van der Waals surface area (Å²) in [6, 6.07) is 20.7. The molecule has 0 bridgehead atoms. The summed E-state index contributed by atoms with van der Waals surface area (Å²) in [6.45, 7) is 13.6. The molecule has 0 saturated carbocycles. The first kappa shape index (κ1) is 19.9. The highest BCUT2D eigenvalue weighted by atomic mass is 32.2. The molecule has 4 aromatic rings. The maximum absolute atomic E-state index is 2.36. The summed E-state index contributed by atoms with van der Waals surface area (Å²) in [5.41, 5.74) is 3.17.